The van der Waals surface area contributed by atoms with Crippen LogP contribution >= 0.6 is 0 Å². The standard InChI is InChI=1S/C24H26N4O3/c1-26(2)11-4-12-27-13-9-21-19(23(27)29)15-20-22(25-21)10-14-28(24(20)30)16-17-5-7-18(31-3)8-6-17/h5-10,13-15H,4,11-12,16H2,1-3H3. The van der Waals surface area contributed by atoms with Gasteiger partial charge in [-0.15, -0.1) is 0 Å². The molecule has 0 atom stereocenters. The summed E-state index contributed by atoms with van der Waals surface area (Å²) in [5.41, 5.74) is 1.90. The largest absolute Gasteiger partial charge is 0.497 e. The molecule has 0 bridgehead atoms. The molecule has 4 aromatic rings. The van der Waals surface area contributed by atoms with Crippen molar-refractivity contribution in [2.45, 2.75) is 19.5 Å². The van der Waals surface area contributed by atoms with E-state index in [2.05, 4.69) is 9.88 Å². The third kappa shape index (κ3) is 4.36. The fourth-order valence-corrected chi connectivity index (χ4v) is 3.69. The first-order chi connectivity index (χ1) is 15.0. The lowest BCUT2D eigenvalue weighted by atomic mass is 10.1. The first-order valence-electron chi connectivity index (χ1n) is 10.3. The van der Waals surface area contributed by atoms with Crippen LogP contribution in [0.25, 0.3) is 21.8 Å². The van der Waals surface area contributed by atoms with Crippen LogP contribution < -0.4 is 15.9 Å². The van der Waals surface area contributed by atoms with Gasteiger partial charge in [0.1, 0.15) is 5.75 Å². The number of rotatable bonds is 7. The van der Waals surface area contributed by atoms with Crippen LogP contribution in [-0.4, -0.2) is 46.8 Å². The normalized spacial score (nSPS) is 11.5. The molecule has 31 heavy (non-hydrogen) atoms. The van der Waals surface area contributed by atoms with E-state index in [1.807, 2.05) is 50.5 Å². The number of nitrogens with zero attached hydrogens (tertiary/aromatic N) is 4. The zero-order valence-electron chi connectivity index (χ0n) is 18.0. The molecule has 4 rings (SSSR count). The molecule has 0 aliphatic carbocycles. The highest BCUT2D eigenvalue weighted by atomic mass is 16.5. The molecule has 0 aliphatic rings. The van der Waals surface area contributed by atoms with Gasteiger partial charge in [-0.25, -0.2) is 4.98 Å². The number of benzene rings is 1. The zero-order chi connectivity index (χ0) is 22.0. The maximum atomic E-state index is 13.1. The summed E-state index contributed by atoms with van der Waals surface area (Å²) in [7, 11) is 5.64. The van der Waals surface area contributed by atoms with Gasteiger partial charge in [-0.05, 0) is 63.0 Å². The summed E-state index contributed by atoms with van der Waals surface area (Å²) in [6.07, 6.45) is 4.40. The molecule has 7 heteroatoms. The Morgan fingerprint density at radius 3 is 2.13 bits per heavy atom. The summed E-state index contributed by atoms with van der Waals surface area (Å²) in [5.74, 6) is 0.770. The van der Waals surface area contributed by atoms with Crippen LogP contribution in [-0.2, 0) is 13.1 Å². The molecule has 1 aromatic carbocycles. The third-order valence-corrected chi connectivity index (χ3v) is 5.41. The molecule has 7 nitrogen and oxygen atoms in total. The topological polar surface area (TPSA) is 69.4 Å². The molecule has 0 amide bonds. The average Bonchev–Trinajstić information content (AvgIpc) is 2.77. The van der Waals surface area contributed by atoms with Gasteiger partial charge in [0.25, 0.3) is 11.1 Å². The van der Waals surface area contributed by atoms with Gasteiger partial charge in [-0.1, -0.05) is 12.1 Å². The number of aromatic nitrogens is 3. The van der Waals surface area contributed by atoms with Crippen molar-refractivity contribution in [1.29, 1.82) is 0 Å². The Morgan fingerprint density at radius 2 is 1.52 bits per heavy atom. The summed E-state index contributed by atoms with van der Waals surface area (Å²) in [6, 6.07) is 13.0. The Kier molecular flexibility index (Phi) is 5.86. The molecule has 0 spiro atoms. The van der Waals surface area contributed by atoms with Gasteiger partial charge in [-0.2, -0.15) is 0 Å². The Hall–Kier alpha value is -3.45. The number of hydrogen-bond acceptors (Lipinski definition) is 5. The lowest BCUT2D eigenvalue weighted by molar-refractivity contribution is 0.385. The molecule has 3 heterocycles. The number of ether oxygens (including phenoxy) is 1. The monoisotopic (exact) mass is 418 g/mol. The molecule has 0 aliphatic heterocycles. The van der Waals surface area contributed by atoms with Gasteiger partial charge in [0, 0.05) is 18.9 Å². The van der Waals surface area contributed by atoms with E-state index < -0.39 is 0 Å². The second-order valence-electron chi connectivity index (χ2n) is 7.92. The SMILES string of the molecule is COc1ccc(Cn2ccc3nc4ccn(CCCN(C)C)c(=O)c4cc3c2=O)cc1. The molecular weight excluding hydrogens is 392 g/mol. The van der Waals surface area contributed by atoms with E-state index in [-0.39, 0.29) is 11.1 Å². The van der Waals surface area contributed by atoms with Crippen molar-refractivity contribution in [3.8, 4) is 5.75 Å². The van der Waals surface area contributed by atoms with Crippen LogP contribution in [0.3, 0.4) is 0 Å². The minimum Gasteiger partial charge on any atom is -0.497 e. The van der Waals surface area contributed by atoms with E-state index in [0.29, 0.717) is 34.9 Å². The van der Waals surface area contributed by atoms with Crippen LogP contribution in [0.4, 0.5) is 0 Å². The van der Waals surface area contributed by atoms with Gasteiger partial charge in [0.05, 0.1) is 35.5 Å². The van der Waals surface area contributed by atoms with E-state index in [9.17, 15) is 9.59 Å². The predicted octanol–water partition coefficient (Wildman–Crippen LogP) is 2.72. The number of fused-ring (bicyclic) bond motifs is 2. The van der Waals surface area contributed by atoms with Gasteiger partial charge in [-0.3, -0.25) is 9.59 Å². The van der Waals surface area contributed by atoms with Gasteiger partial charge in [0.15, 0.2) is 0 Å². The van der Waals surface area contributed by atoms with Crippen LogP contribution in [0.5, 0.6) is 5.75 Å². The molecule has 160 valence electrons. The molecular formula is C24H26N4O3. The van der Waals surface area contributed by atoms with Crippen LogP contribution in [0.15, 0.2) is 64.4 Å². The van der Waals surface area contributed by atoms with Crippen molar-refractivity contribution < 1.29 is 4.74 Å². The smallest absolute Gasteiger partial charge is 0.260 e. The first-order valence-corrected chi connectivity index (χ1v) is 10.3. The van der Waals surface area contributed by atoms with E-state index in [1.165, 1.54) is 0 Å². The van der Waals surface area contributed by atoms with E-state index >= 15 is 0 Å². The summed E-state index contributed by atoms with van der Waals surface area (Å²) >= 11 is 0. The maximum absolute atomic E-state index is 13.1. The molecule has 0 radical (unpaired) electrons. The minimum absolute atomic E-state index is 0.115. The van der Waals surface area contributed by atoms with Gasteiger partial charge in [0.2, 0.25) is 0 Å². The fourth-order valence-electron chi connectivity index (χ4n) is 3.69. The third-order valence-electron chi connectivity index (χ3n) is 5.41. The van der Waals surface area contributed by atoms with Crippen molar-refractivity contribution in [3.05, 3.63) is 81.1 Å². The summed E-state index contributed by atoms with van der Waals surface area (Å²) in [4.78, 5) is 32.8. The van der Waals surface area contributed by atoms with Crippen molar-refractivity contribution in [1.82, 2.24) is 19.0 Å². The average molecular weight is 418 g/mol. The molecule has 0 fully saturated rings. The maximum Gasteiger partial charge on any atom is 0.260 e. The molecule has 0 saturated heterocycles. The minimum atomic E-state index is -0.162. The lowest BCUT2D eigenvalue weighted by Gasteiger charge is -2.11. The Labute approximate surface area is 180 Å². The summed E-state index contributed by atoms with van der Waals surface area (Å²) < 4.78 is 8.52. The molecule has 3 aromatic heterocycles. The van der Waals surface area contributed by atoms with Crippen molar-refractivity contribution in [2.75, 3.05) is 27.7 Å². The Balaban J connectivity index is 1.72. The van der Waals surface area contributed by atoms with Crippen LogP contribution in [0.2, 0.25) is 0 Å². The molecule has 0 saturated carbocycles. The van der Waals surface area contributed by atoms with Crippen molar-refractivity contribution >= 4 is 21.8 Å². The fraction of sp³-hybridized carbons (Fsp3) is 0.292. The predicted molar refractivity (Wildman–Crippen MR) is 123 cm³/mol. The quantitative estimate of drug-likeness (QED) is 0.432. The second-order valence-corrected chi connectivity index (χ2v) is 7.92. The van der Waals surface area contributed by atoms with E-state index in [1.54, 1.807) is 34.7 Å². The Morgan fingerprint density at radius 1 is 0.903 bits per heavy atom. The summed E-state index contributed by atoms with van der Waals surface area (Å²) in [5, 5.41) is 0.922. The number of hydrogen-bond donors (Lipinski definition) is 0. The molecule has 0 unspecified atom stereocenters. The van der Waals surface area contributed by atoms with Gasteiger partial charge >= 0.3 is 0 Å². The van der Waals surface area contributed by atoms with E-state index in [4.69, 9.17) is 4.74 Å². The summed E-state index contributed by atoms with van der Waals surface area (Å²) in [6.45, 7) is 1.96. The van der Waals surface area contributed by atoms with Crippen molar-refractivity contribution in [3.63, 3.8) is 0 Å². The van der Waals surface area contributed by atoms with Crippen molar-refractivity contribution in [2.24, 2.45) is 0 Å². The van der Waals surface area contributed by atoms with E-state index in [0.717, 1.165) is 24.3 Å². The lowest BCUT2D eigenvalue weighted by Crippen LogP contribution is -2.24. The van der Waals surface area contributed by atoms with Crippen LogP contribution in [0, 0.1) is 0 Å². The highest BCUT2D eigenvalue weighted by Crippen LogP contribution is 2.16. The molecule has 0 N–H and O–H groups in total. The number of aryl methyl sites for hydroxylation is 1. The van der Waals surface area contributed by atoms with Crippen LogP contribution in [0.1, 0.15) is 12.0 Å². The highest BCUT2D eigenvalue weighted by Gasteiger charge is 2.10. The first kappa shape index (κ1) is 20.8. The number of methoxy groups -OCH3 is 1. The zero-order valence-corrected chi connectivity index (χ0v) is 18.0. The van der Waals surface area contributed by atoms with Gasteiger partial charge < -0.3 is 18.8 Å². The second kappa shape index (κ2) is 8.73. The Bertz CT molecular complexity index is 1340. The number of pyridine rings is 3. The highest BCUT2D eigenvalue weighted by molar-refractivity contribution is 5.91.